The Morgan fingerprint density at radius 3 is 2.41 bits per heavy atom. The van der Waals surface area contributed by atoms with Crippen molar-refractivity contribution in [1.29, 1.82) is 0 Å². The summed E-state index contributed by atoms with van der Waals surface area (Å²) in [4.78, 5) is 6.93. The summed E-state index contributed by atoms with van der Waals surface area (Å²) in [5.41, 5.74) is 3.70. The molecule has 0 amide bonds. The molecular weight excluding hydrogens is 362 g/mol. The van der Waals surface area contributed by atoms with Gasteiger partial charge in [-0.2, -0.15) is 0 Å². The van der Waals surface area contributed by atoms with Gasteiger partial charge in [0.15, 0.2) is 11.7 Å². The lowest BCUT2D eigenvalue weighted by Crippen LogP contribution is -2.36. The standard InChI is InChI=1S/C23H35N5O/c1-18(2)22-14-21(29-27-22)16-26-23(24-3)25-15-19-10-6-7-11-20(19)17-28-12-8-4-5-9-13-28/h6-7,10-11,14,18H,4-5,8-9,12-13,15-17H2,1-3H3,(H2,24,25,26). The quantitative estimate of drug-likeness (QED) is 0.545. The lowest BCUT2D eigenvalue weighted by Gasteiger charge is -2.22. The van der Waals surface area contributed by atoms with E-state index < -0.39 is 0 Å². The summed E-state index contributed by atoms with van der Waals surface area (Å²) in [6, 6.07) is 10.7. The van der Waals surface area contributed by atoms with E-state index in [1.807, 2.05) is 6.07 Å². The van der Waals surface area contributed by atoms with Gasteiger partial charge in [0.25, 0.3) is 0 Å². The van der Waals surface area contributed by atoms with E-state index in [0.717, 1.165) is 30.5 Å². The van der Waals surface area contributed by atoms with Crippen molar-refractivity contribution in [2.45, 2.75) is 65.1 Å². The Morgan fingerprint density at radius 1 is 1.07 bits per heavy atom. The predicted octanol–water partition coefficient (Wildman–Crippen LogP) is 4.04. The fraction of sp³-hybridized carbons (Fsp3) is 0.565. The second-order valence-corrected chi connectivity index (χ2v) is 8.11. The smallest absolute Gasteiger partial charge is 0.191 e. The molecule has 1 aliphatic heterocycles. The number of nitrogens with zero attached hydrogens (tertiary/aromatic N) is 3. The molecule has 0 spiro atoms. The number of aliphatic imine (C=N–C) groups is 1. The maximum atomic E-state index is 5.40. The van der Waals surface area contributed by atoms with Gasteiger partial charge in [-0.05, 0) is 43.0 Å². The number of benzene rings is 1. The van der Waals surface area contributed by atoms with Gasteiger partial charge < -0.3 is 15.2 Å². The first-order chi connectivity index (χ1) is 14.2. The molecule has 2 N–H and O–H groups in total. The maximum absolute atomic E-state index is 5.40. The molecule has 1 aromatic heterocycles. The van der Waals surface area contributed by atoms with E-state index in [0.29, 0.717) is 12.5 Å². The molecule has 0 bridgehead atoms. The number of nitrogens with one attached hydrogen (secondary N) is 2. The number of hydrogen-bond donors (Lipinski definition) is 2. The first-order valence-corrected chi connectivity index (χ1v) is 10.8. The second-order valence-electron chi connectivity index (χ2n) is 8.11. The first kappa shape index (κ1) is 21.4. The largest absolute Gasteiger partial charge is 0.359 e. The van der Waals surface area contributed by atoms with Gasteiger partial charge in [0.1, 0.15) is 0 Å². The van der Waals surface area contributed by atoms with Crippen LogP contribution in [-0.4, -0.2) is 36.2 Å². The van der Waals surface area contributed by atoms with Gasteiger partial charge in [-0.3, -0.25) is 9.89 Å². The van der Waals surface area contributed by atoms with Gasteiger partial charge in [0.2, 0.25) is 0 Å². The van der Waals surface area contributed by atoms with Gasteiger partial charge in [-0.1, -0.05) is 56.1 Å². The fourth-order valence-corrected chi connectivity index (χ4v) is 3.67. The summed E-state index contributed by atoms with van der Waals surface area (Å²) >= 11 is 0. The predicted molar refractivity (Wildman–Crippen MR) is 118 cm³/mol. The van der Waals surface area contributed by atoms with Gasteiger partial charge >= 0.3 is 0 Å². The number of guanidine groups is 1. The molecule has 29 heavy (non-hydrogen) atoms. The van der Waals surface area contributed by atoms with Crippen molar-refractivity contribution in [3.63, 3.8) is 0 Å². The minimum absolute atomic E-state index is 0.366. The lowest BCUT2D eigenvalue weighted by atomic mass is 10.1. The summed E-state index contributed by atoms with van der Waals surface area (Å²) in [5, 5.41) is 10.9. The molecule has 0 saturated carbocycles. The zero-order valence-corrected chi connectivity index (χ0v) is 18.1. The molecule has 0 unspecified atom stereocenters. The lowest BCUT2D eigenvalue weighted by molar-refractivity contribution is 0.276. The van der Waals surface area contributed by atoms with E-state index in [4.69, 9.17) is 4.52 Å². The molecule has 2 aromatic rings. The molecule has 0 atom stereocenters. The minimum Gasteiger partial charge on any atom is -0.359 e. The van der Waals surface area contributed by atoms with Crippen LogP contribution in [0.1, 0.15) is 68.0 Å². The maximum Gasteiger partial charge on any atom is 0.191 e. The molecule has 1 saturated heterocycles. The molecule has 0 radical (unpaired) electrons. The summed E-state index contributed by atoms with van der Waals surface area (Å²) in [7, 11) is 1.79. The topological polar surface area (TPSA) is 65.7 Å². The first-order valence-electron chi connectivity index (χ1n) is 10.8. The zero-order valence-electron chi connectivity index (χ0n) is 18.1. The van der Waals surface area contributed by atoms with Crippen LogP contribution in [0.3, 0.4) is 0 Å². The van der Waals surface area contributed by atoms with Crippen LogP contribution in [0.15, 0.2) is 39.8 Å². The molecule has 2 heterocycles. The number of aromatic nitrogens is 1. The Labute approximate surface area is 174 Å². The Hall–Kier alpha value is -2.34. The van der Waals surface area contributed by atoms with Crippen LogP contribution in [0.4, 0.5) is 0 Å². The average molecular weight is 398 g/mol. The molecule has 0 aliphatic carbocycles. The summed E-state index contributed by atoms with van der Waals surface area (Å²) < 4.78 is 5.40. The number of likely N-dealkylation sites (tertiary alicyclic amines) is 1. The summed E-state index contributed by atoms with van der Waals surface area (Å²) in [5.74, 6) is 1.95. The monoisotopic (exact) mass is 397 g/mol. The molecule has 1 fully saturated rings. The number of rotatable bonds is 7. The van der Waals surface area contributed by atoms with Crippen molar-refractivity contribution in [1.82, 2.24) is 20.7 Å². The van der Waals surface area contributed by atoms with Gasteiger partial charge in [0.05, 0.1) is 12.2 Å². The Bertz CT molecular complexity index is 775. The van der Waals surface area contributed by atoms with E-state index in [1.54, 1.807) is 7.05 Å². The third kappa shape index (κ3) is 6.60. The highest BCUT2D eigenvalue weighted by molar-refractivity contribution is 5.79. The van der Waals surface area contributed by atoms with E-state index in [2.05, 4.69) is 63.8 Å². The second kappa shape index (κ2) is 11.0. The Morgan fingerprint density at radius 2 is 1.76 bits per heavy atom. The van der Waals surface area contributed by atoms with E-state index in [9.17, 15) is 0 Å². The molecular formula is C23H35N5O. The van der Waals surface area contributed by atoms with Gasteiger partial charge in [-0.25, -0.2) is 0 Å². The third-order valence-corrected chi connectivity index (χ3v) is 5.48. The third-order valence-electron chi connectivity index (χ3n) is 5.48. The molecule has 1 aliphatic rings. The van der Waals surface area contributed by atoms with Crippen molar-refractivity contribution in [3.05, 3.63) is 52.9 Å². The van der Waals surface area contributed by atoms with Crippen LogP contribution in [0.5, 0.6) is 0 Å². The van der Waals surface area contributed by atoms with Gasteiger partial charge in [0, 0.05) is 26.2 Å². The van der Waals surface area contributed by atoms with Crippen molar-refractivity contribution < 1.29 is 4.52 Å². The van der Waals surface area contributed by atoms with Crippen molar-refractivity contribution in [3.8, 4) is 0 Å². The molecule has 6 heteroatoms. The highest BCUT2D eigenvalue weighted by Gasteiger charge is 2.12. The van der Waals surface area contributed by atoms with Crippen molar-refractivity contribution in [2.24, 2.45) is 4.99 Å². The van der Waals surface area contributed by atoms with E-state index in [-0.39, 0.29) is 0 Å². The zero-order chi connectivity index (χ0) is 20.5. The van der Waals surface area contributed by atoms with Crippen LogP contribution in [0, 0.1) is 0 Å². The highest BCUT2D eigenvalue weighted by Crippen LogP contribution is 2.16. The molecule has 3 rings (SSSR count). The average Bonchev–Trinajstić information content (AvgIpc) is 3.06. The minimum atomic E-state index is 0.366. The SMILES string of the molecule is CN=C(NCc1cc(C(C)C)no1)NCc1ccccc1CN1CCCCCC1. The summed E-state index contributed by atoms with van der Waals surface area (Å²) in [6.07, 6.45) is 5.37. The van der Waals surface area contributed by atoms with Crippen LogP contribution in [0.2, 0.25) is 0 Å². The molecule has 6 nitrogen and oxygen atoms in total. The van der Waals surface area contributed by atoms with Crippen LogP contribution in [0.25, 0.3) is 0 Å². The van der Waals surface area contributed by atoms with Gasteiger partial charge in [-0.15, -0.1) is 0 Å². The van der Waals surface area contributed by atoms with E-state index in [1.165, 1.54) is 49.9 Å². The van der Waals surface area contributed by atoms with Crippen molar-refractivity contribution in [2.75, 3.05) is 20.1 Å². The van der Waals surface area contributed by atoms with Crippen LogP contribution >= 0.6 is 0 Å². The Balaban J connectivity index is 1.53. The van der Waals surface area contributed by atoms with Crippen molar-refractivity contribution >= 4 is 5.96 Å². The highest BCUT2D eigenvalue weighted by atomic mass is 16.5. The van der Waals surface area contributed by atoms with Crippen LogP contribution < -0.4 is 10.6 Å². The fourth-order valence-electron chi connectivity index (χ4n) is 3.67. The van der Waals surface area contributed by atoms with Crippen LogP contribution in [-0.2, 0) is 19.6 Å². The number of hydrogen-bond acceptors (Lipinski definition) is 4. The normalized spacial score (nSPS) is 16.1. The van der Waals surface area contributed by atoms with E-state index >= 15 is 0 Å². The molecule has 158 valence electrons. The Kier molecular flexibility index (Phi) is 8.11. The molecule has 1 aromatic carbocycles. The summed E-state index contributed by atoms with van der Waals surface area (Å²) in [6.45, 7) is 8.98.